The summed E-state index contributed by atoms with van der Waals surface area (Å²) in [6.07, 6.45) is 3.27. The van der Waals surface area contributed by atoms with Crippen LogP contribution in [-0.4, -0.2) is 17.4 Å². The fraction of sp³-hybridized carbons (Fsp3) is 0.409. The molecule has 0 saturated carbocycles. The number of piperidine rings is 1. The maximum atomic E-state index is 13.2. The summed E-state index contributed by atoms with van der Waals surface area (Å²) < 4.78 is 0. The van der Waals surface area contributed by atoms with Gasteiger partial charge < -0.3 is 10.6 Å². The van der Waals surface area contributed by atoms with Gasteiger partial charge in [0.05, 0.1) is 12.0 Å². The lowest BCUT2D eigenvalue weighted by atomic mass is 9.90. The van der Waals surface area contributed by atoms with Crippen molar-refractivity contribution in [3.8, 4) is 0 Å². The highest BCUT2D eigenvalue weighted by Gasteiger charge is 2.33. The van der Waals surface area contributed by atoms with Gasteiger partial charge in [-0.25, -0.2) is 0 Å². The van der Waals surface area contributed by atoms with Crippen LogP contribution in [0.1, 0.15) is 55.0 Å². The molecular formula is C22H28N2O. The number of hydrogen-bond acceptors (Lipinski definition) is 2. The zero-order valence-electron chi connectivity index (χ0n) is 15.2. The van der Waals surface area contributed by atoms with Crippen molar-refractivity contribution in [2.24, 2.45) is 11.7 Å². The fourth-order valence-corrected chi connectivity index (χ4v) is 3.71. The van der Waals surface area contributed by atoms with Crippen LogP contribution in [0.25, 0.3) is 0 Å². The van der Waals surface area contributed by atoms with Gasteiger partial charge in [0.1, 0.15) is 0 Å². The van der Waals surface area contributed by atoms with E-state index in [-0.39, 0.29) is 23.9 Å². The second-order valence-corrected chi connectivity index (χ2v) is 7.18. The van der Waals surface area contributed by atoms with E-state index in [1.165, 1.54) is 17.5 Å². The lowest BCUT2D eigenvalue weighted by Crippen LogP contribution is -2.43. The van der Waals surface area contributed by atoms with E-state index in [1.807, 2.05) is 37.3 Å². The van der Waals surface area contributed by atoms with E-state index in [0.717, 1.165) is 24.9 Å². The molecule has 1 aliphatic rings. The van der Waals surface area contributed by atoms with Crippen molar-refractivity contribution in [2.45, 2.75) is 45.2 Å². The molecule has 1 heterocycles. The van der Waals surface area contributed by atoms with Crippen LogP contribution in [0.4, 0.5) is 0 Å². The Morgan fingerprint density at radius 3 is 2.44 bits per heavy atom. The fourth-order valence-electron chi connectivity index (χ4n) is 3.71. The maximum Gasteiger partial charge on any atom is 0.227 e. The van der Waals surface area contributed by atoms with Gasteiger partial charge in [-0.2, -0.15) is 0 Å². The Kier molecular flexibility index (Phi) is 5.54. The summed E-state index contributed by atoms with van der Waals surface area (Å²) in [6, 6.07) is 18.4. The van der Waals surface area contributed by atoms with Crippen molar-refractivity contribution in [1.29, 1.82) is 0 Å². The summed E-state index contributed by atoms with van der Waals surface area (Å²) >= 11 is 0. The number of amides is 1. The largest absolute Gasteiger partial charge is 0.335 e. The summed E-state index contributed by atoms with van der Waals surface area (Å²) in [5.41, 5.74) is 9.91. The van der Waals surface area contributed by atoms with Crippen LogP contribution in [0, 0.1) is 12.8 Å². The van der Waals surface area contributed by atoms with Crippen LogP contribution in [0.3, 0.4) is 0 Å². The molecule has 0 aromatic heterocycles. The average molecular weight is 336 g/mol. The van der Waals surface area contributed by atoms with Crippen molar-refractivity contribution in [3.63, 3.8) is 0 Å². The molecule has 1 aliphatic heterocycles. The van der Waals surface area contributed by atoms with Crippen LogP contribution in [0.15, 0.2) is 54.6 Å². The topological polar surface area (TPSA) is 46.3 Å². The van der Waals surface area contributed by atoms with Crippen LogP contribution in [0.2, 0.25) is 0 Å². The van der Waals surface area contributed by atoms with Gasteiger partial charge in [0.25, 0.3) is 0 Å². The van der Waals surface area contributed by atoms with E-state index in [0.29, 0.717) is 0 Å². The monoisotopic (exact) mass is 336 g/mol. The molecule has 1 saturated heterocycles. The lowest BCUT2D eigenvalue weighted by molar-refractivity contribution is -0.139. The molecule has 2 aromatic rings. The highest BCUT2D eigenvalue weighted by molar-refractivity contribution is 5.80. The first-order valence-corrected chi connectivity index (χ1v) is 9.25. The number of rotatable bonds is 4. The number of nitrogens with two attached hydrogens (primary N) is 1. The number of carbonyl (C=O) groups is 1. The number of aryl methyl sites for hydroxylation is 1. The molecule has 0 aliphatic carbocycles. The molecule has 3 unspecified atom stereocenters. The Hall–Kier alpha value is -2.13. The quantitative estimate of drug-likeness (QED) is 0.900. The van der Waals surface area contributed by atoms with Crippen molar-refractivity contribution < 1.29 is 4.79 Å². The molecule has 3 atom stereocenters. The van der Waals surface area contributed by atoms with Crippen LogP contribution >= 0.6 is 0 Å². The molecule has 25 heavy (non-hydrogen) atoms. The third-order valence-corrected chi connectivity index (χ3v) is 5.36. The SMILES string of the molecule is Cc1ccc(C2CCCCN2C(=O)C(C)C(N)c2ccccc2)cc1. The number of benzene rings is 2. The van der Waals surface area contributed by atoms with Gasteiger partial charge in [-0.05, 0) is 37.3 Å². The highest BCUT2D eigenvalue weighted by Crippen LogP contribution is 2.33. The zero-order chi connectivity index (χ0) is 17.8. The minimum Gasteiger partial charge on any atom is -0.335 e. The molecule has 0 spiro atoms. The molecule has 0 bridgehead atoms. The third kappa shape index (κ3) is 3.93. The van der Waals surface area contributed by atoms with E-state index in [2.05, 4.69) is 36.1 Å². The lowest BCUT2D eigenvalue weighted by Gasteiger charge is -2.38. The van der Waals surface area contributed by atoms with Gasteiger partial charge in [-0.3, -0.25) is 4.79 Å². The summed E-state index contributed by atoms with van der Waals surface area (Å²) in [5.74, 6) is -0.0601. The standard InChI is InChI=1S/C22H28N2O/c1-16-11-13-18(14-12-16)20-10-6-7-15-24(20)22(25)17(2)21(23)19-8-4-3-5-9-19/h3-5,8-9,11-14,17,20-21H,6-7,10,15,23H2,1-2H3. The van der Waals surface area contributed by atoms with Crippen molar-refractivity contribution in [3.05, 3.63) is 71.3 Å². The van der Waals surface area contributed by atoms with Gasteiger partial charge in [0, 0.05) is 12.6 Å². The second-order valence-electron chi connectivity index (χ2n) is 7.18. The first kappa shape index (κ1) is 17.7. The number of likely N-dealkylation sites (tertiary alicyclic amines) is 1. The van der Waals surface area contributed by atoms with Crippen LogP contribution < -0.4 is 5.73 Å². The summed E-state index contributed by atoms with van der Waals surface area (Å²) in [4.78, 5) is 15.3. The molecule has 1 fully saturated rings. The van der Waals surface area contributed by atoms with Gasteiger partial charge >= 0.3 is 0 Å². The van der Waals surface area contributed by atoms with Gasteiger partial charge in [-0.15, -0.1) is 0 Å². The van der Waals surface area contributed by atoms with Crippen molar-refractivity contribution in [1.82, 2.24) is 4.90 Å². The minimum absolute atomic E-state index is 0.168. The maximum absolute atomic E-state index is 13.2. The summed E-state index contributed by atoms with van der Waals surface area (Å²) in [6.45, 7) is 4.87. The molecule has 2 aromatic carbocycles. The normalized spacial score (nSPS) is 20.1. The molecule has 3 heteroatoms. The number of hydrogen-bond donors (Lipinski definition) is 1. The zero-order valence-corrected chi connectivity index (χ0v) is 15.2. The van der Waals surface area contributed by atoms with Crippen LogP contribution in [-0.2, 0) is 4.79 Å². The van der Waals surface area contributed by atoms with E-state index in [1.54, 1.807) is 0 Å². The highest BCUT2D eigenvalue weighted by atomic mass is 16.2. The second kappa shape index (κ2) is 7.83. The Morgan fingerprint density at radius 1 is 1.08 bits per heavy atom. The average Bonchev–Trinajstić information content (AvgIpc) is 2.67. The summed E-state index contributed by atoms with van der Waals surface area (Å²) in [7, 11) is 0. The Morgan fingerprint density at radius 2 is 1.76 bits per heavy atom. The molecule has 3 nitrogen and oxygen atoms in total. The molecule has 132 valence electrons. The van der Waals surface area contributed by atoms with Crippen molar-refractivity contribution >= 4 is 5.91 Å². The van der Waals surface area contributed by atoms with Gasteiger partial charge in [0.2, 0.25) is 5.91 Å². The van der Waals surface area contributed by atoms with E-state index in [4.69, 9.17) is 5.73 Å². The number of nitrogens with zero attached hydrogens (tertiary/aromatic N) is 1. The Balaban J connectivity index is 1.79. The third-order valence-electron chi connectivity index (χ3n) is 5.36. The predicted molar refractivity (Wildman–Crippen MR) is 102 cm³/mol. The summed E-state index contributed by atoms with van der Waals surface area (Å²) in [5, 5.41) is 0. The van der Waals surface area contributed by atoms with Gasteiger partial charge in [0.15, 0.2) is 0 Å². The first-order chi connectivity index (χ1) is 12.1. The van der Waals surface area contributed by atoms with Crippen LogP contribution in [0.5, 0.6) is 0 Å². The van der Waals surface area contributed by atoms with E-state index in [9.17, 15) is 4.79 Å². The minimum atomic E-state index is -0.269. The van der Waals surface area contributed by atoms with Gasteiger partial charge in [-0.1, -0.05) is 67.1 Å². The first-order valence-electron chi connectivity index (χ1n) is 9.25. The van der Waals surface area contributed by atoms with E-state index >= 15 is 0 Å². The molecular weight excluding hydrogens is 308 g/mol. The molecule has 3 rings (SSSR count). The molecule has 2 N–H and O–H groups in total. The Bertz CT molecular complexity index is 696. The Labute approximate surface area is 150 Å². The van der Waals surface area contributed by atoms with E-state index < -0.39 is 0 Å². The molecule has 1 amide bonds. The number of carbonyl (C=O) groups excluding carboxylic acids is 1. The predicted octanol–water partition coefficient (Wildman–Crippen LogP) is 4.38. The van der Waals surface area contributed by atoms with Crippen molar-refractivity contribution in [2.75, 3.05) is 6.54 Å². The molecule has 0 radical (unpaired) electrons. The smallest absolute Gasteiger partial charge is 0.227 e.